The Kier molecular flexibility index (Phi) is 10.9. The fourth-order valence-electron chi connectivity index (χ4n) is 7.61. The lowest BCUT2D eigenvalue weighted by Crippen LogP contribution is -2.54. The second-order valence-corrected chi connectivity index (χ2v) is 14.2. The van der Waals surface area contributed by atoms with Gasteiger partial charge in [-0.1, -0.05) is 18.2 Å². The van der Waals surface area contributed by atoms with E-state index in [-0.39, 0.29) is 78.0 Å². The summed E-state index contributed by atoms with van der Waals surface area (Å²) in [7, 11) is 1.39. The van der Waals surface area contributed by atoms with Crippen molar-refractivity contribution in [2.24, 2.45) is 0 Å². The van der Waals surface area contributed by atoms with Crippen molar-refractivity contribution in [2.75, 3.05) is 55.4 Å². The highest BCUT2D eigenvalue weighted by Gasteiger charge is 2.45. The van der Waals surface area contributed by atoms with Crippen LogP contribution in [0.25, 0.3) is 22.5 Å². The maximum Gasteiger partial charge on any atom is 0.274 e. The number of carbonyl (C=O) groups excluding carboxylic acids is 6. The lowest BCUT2D eigenvalue weighted by atomic mass is 10.0. The predicted molar refractivity (Wildman–Crippen MR) is 217 cm³/mol. The molecule has 3 N–H and O–H groups in total. The fourth-order valence-corrected chi connectivity index (χ4v) is 7.61. The van der Waals surface area contributed by atoms with Crippen LogP contribution in [-0.2, 0) is 14.4 Å². The van der Waals surface area contributed by atoms with E-state index >= 15 is 0 Å². The van der Waals surface area contributed by atoms with Gasteiger partial charge in [0.05, 0.1) is 53.4 Å². The number of anilines is 3. The van der Waals surface area contributed by atoms with E-state index in [9.17, 15) is 38.4 Å². The number of nitriles is 1. The van der Waals surface area contributed by atoms with Crippen LogP contribution in [0, 0.1) is 17.1 Å². The van der Waals surface area contributed by atoms with Crippen LogP contribution in [0.2, 0.25) is 0 Å². The molecular weight excluding hydrogens is 788 g/mol. The van der Waals surface area contributed by atoms with Gasteiger partial charge in [0, 0.05) is 62.4 Å². The third-order valence-corrected chi connectivity index (χ3v) is 10.7. The molecule has 1 unspecified atom stereocenters. The van der Waals surface area contributed by atoms with Crippen LogP contribution in [0.5, 0.6) is 5.75 Å². The monoisotopic (exact) mass is 822 g/mol. The zero-order chi connectivity index (χ0) is 42.8. The van der Waals surface area contributed by atoms with Gasteiger partial charge in [0.2, 0.25) is 17.7 Å². The first-order valence-corrected chi connectivity index (χ1v) is 19.1. The number of aromatic nitrogens is 3. The van der Waals surface area contributed by atoms with Crippen LogP contribution >= 0.6 is 0 Å². The number of amides is 6. The summed E-state index contributed by atoms with van der Waals surface area (Å²) in [5.41, 5.74) is 3.00. The number of rotatable bonds is 10. The Bertz CT molecular complexity index is 2690. The molecule has 0 bridgehead atoms. The molecule has 3 aliphatic rings. The van der Waals surface area contributed by atoms with Crippen LogP contribution < -0.4 is 25.6 Å². The zero-order valence-electron chi connectivity index (χ0n) is 32.5. The molecule has 8 rings (SSSR count). The third-order valence-electron chi connectivity index (χ3n) is 10.7. The summed E-state index contributed by atoms with van der Waals surface area (Å²) in [5.74, 6) is -3.88. The first kappa shape index (κ1) is 39.7. The molecule has 17 nitrogen and oxygen atoms in total. The maximum atomic E-state index is 14.9. The maximum absolute atomic E-state index is 14.9. The van der Waals surface area contributed by atoms with E-state index in [4.69, 9.17) is 4.74 Å². The van der Waals surface area contributed by atoms with Crippen LogP contribution in [0.4, 0.5) is 21.5 Å². The number of carbonyl (C=O) groups is 6. The Morgan fingerprint density at radius 2 is 1.74 bits per heavy atom. The van der Waals surface area contributed by atoms with Crippen molar-refractivity contribution in [3.63, 3.8) is 0 Å². The number of pyridine rings is 1. The number of nitrogens with zero attached hydrogens (tertiary/aromatic N) is 7. The highest BCUT2D eigenvalue weighted by atomic mass is 19.1. The zero-order valence-corrected chi connectivity index (χ0v) is 32.5. The Hall–Kier alpha value is -8.07. The van der Waals surface area contributed by atoms with Crippen molar-refractivity contribution >= 4 is 52.5 Å². The summed E-state index contributed by atoms with van der Waals surface area (Å²) in [4.78, 5) is 95.6. The molecule has 6 amide bonds. The molecular formula is C43H35FN10O7. The molecule has 61 heavy (non-hydrogen) atoms. The van der Waals surface area contributed by atoms with Crippen LogP contribution in [0.1, 0.15) is 49.6 Å². The molecule has 2 aromatic heterocycles. The summed E-state index contributed by atoms with van der Waals surface area (Å²) >= 11 is 0. The summed E-state index contributed by atoms with van der Waals surface area (Å²) in [5, 5.41) is 17.9. The minimum Gasteiger partial charge on any atom is -0.496 e. The van der Waals surface area contributed by atoms with E-state index in [0.717, 1.165) is 4.90 Å². The van der Waals surface area contributed by atoms with Crippen molar-refractivity contribution < 1.29 is 37.9 Å². The first-order chi connectivity index (χ1) is 29.6. The molecule has 2 saturated heterocycles. The quantitative estimate of drug-likeness (QED) is 0.172. The van der Waals surface area contributed by atoms with Crippen LogP contribution in [0.15, 0.2) is 85.3 Å². The van der Waals surface area contributed by atoms with Crippen molar-refractivity contribution in [1.29, 1.82) is 5.26 Å². The van der Waals surface area contributed by atoms with Crippen molar-refractivity contribution in [3.8, 4) is 34.3 Å². The number of halogens is 1. The normalized spacial score (nSPS) is 16.1. The Labute approximate surface area is 347 Å². The number of piperidine rings is 1. The van der Waals surface area contributed by atoms with Crippen molar-refractivity contribution in [1.82, 2.24) is 30.1 Å². The number of methoxy groups -OCH3 is 1. The largest absolute Gasteiger partial charge is 0.496 e. The number of ether oxygens (including phenoxy) is 1. The number of hydrogen-bond donors (Lipinski definition) is 3. The SMILES string of the molecule is COc1cccc(F)c1-c1nccc(C(=O)Nc2ccc(-c3cnccc3C#N)cc2N2CCN(C(=O)CNc3cccc4c3C(=O)N(C3CCC(=O)NC3=O)C4=O)CC2)n1. The summed E-state index contributed by atoms with van der Waals surface area (Å²) in [6, 6.07) is 18.3. The number of nitrogens with one attached hydrogen (secondary N) is 3. The molecule has 5 aromatic rings. The molecule has 2 fully saturated rings. The first-order valence-electron chi connectivity index (χ1n) is 19.1. The molecule has 5 heterocycles. The average Bonchev–Trinajstić information content (AvgIpc) is 3.54. The lowest BCUT2D eigenvalue weighted by Gasteiger charge is -2.37. The van der Waals surface area contributed by atoms with E-state index in [1.165, 1.54) is 43.8 Å². The second kappa shape index (κ2) is 16.7. The number of imide groups is 2. The molecule has 18 heteroatoms. The van der Waals surface area contributed by atoms with E-state index in [0.29, 0.717) is 41.2 Å². The number of hydrogen-bond acceptors (Lipinski definition) is 13. The molecule has 1 atom stereocenters. The van der Waals surface area contributed by atoms with E-state index in [1.54, 1.807) is 47.5 Å². The molecule has 3 aliphatic heterocycles. The van der Waals surface area contributed by atoms with Gasteiger partial charge in [-0.3, -0.25) is 44.0 Å². The van der Waals surface area contributed by atoms with Crippen molar-refractivity contribution in [2.45, 2.75) is 18.9 Å². The minimum absolute atomic E-state index is 0.00442. The molecule has 0 radical (unpaired) electrons. The molecule has 3 aromatic carbocycles. The van der Waals surface area contributed by atoms with Gasteiger partial charge in [-0.2, -0.15) is 5.26 Å². The Balaban J connectivity index is 0.987. The lowest BCUT2D eigenvalue weighted by molar-refractivity contribution is -0.136. The third kappa shape index (κ3) is 7.67. The van der Waals surface area contributed by atoms with Crippen LogP contribution in [0.3, 0.4) is 0 Å². The smallest absolute Gasteiger partial charge is 0.274 e. The summed E-state index contributed by atoms with van der Waals surface area (Å²) < 4.78 is 20.2. The van der Waals surface area contributed by atoms with Gasteiger partial charge in [-0.05, 0) is 60.5 Å². The molecule has 0 saturated carbocycles. The van der Waals surface area contributed by atoms with Crippen molar-refractivity contribution in [3.05, 3.63) is 114 Å². The predicted octanol–water partition coefficient (Wildman–Crippen LogP) is 3.64. The Morgan fingerprint density at radius 1 is 0.934 bits per heavy atom. The fraction of sp³-hybridized carbons (Fsp3) is 0.209. The molecule has 0 aliphatic carbocycles. The number of fused-ring (bicyclic) bond motifs is 1. The van der Waals surface area contributed by atoms with Gasteiger partial charge >= 0.3 is 0 Å². The standard InChI is InChI=1S/C43H35FN10O7/c1-61-34-7-3-5-28(44)38(34)39-47-15-13-31(49-39)40(57)50-29-9-8-24(27-22-46-14-12-25(27)21-45)20-33(29)52-16-18-53(19-17-52)36(56)23-48-30-6-2-4-26-37(30)43(60)54(42(26)59)32-10-11-35(55)51-41(32)58/h2-9,12-15,20,22,32,48H,10-11,16-19,23H2,1H3,(H,50,57)(H,51,55,58). The van der Waals surface area contributed by atoms with Gasteiger partial charge in [0.1, 0.15) is 23.3 Å². The van der Waals surface area contributed by atoms with Gasteiger partial charge in [0.15, 0.2) is 5.82 Å². The second-order valence-electron chi connectivity index (χ2n) is 14.2. The van der Waals surface area contributed by atoms with E-state index < -0.39 is 41.4 Å². The van der Waals surface area contributed by atoms with E-state index in [1.807, 2.05) is 11.0 Å². The number of piperazine rings is 1. The number of benzene rings is 3. The summed E-state index contributed by atoms with van der Waals surface area (Å²) in [6.07, 6.45) is 4.46. The highest BCUT2D eigenvalue weighted by molar-refractivity contribution is 6.25. The van der Waals surface area contributed by atoms with Crippen LogP contribution in [-0.4, -0.2) is 106 Å². The van der Waals surface area contributed by atoms with E-state index in [2.05, 4.69) is 37.0 Å². The minimum atomic E-state index is -1.13. The van der Waals surface area contributed by atoms with Gasteiger partial charge in [0.25, 0.3) is 17.7 Å². The molecule has 0 spiro atoms. The van der Waals surface area contributed by atoms with Gasteiger partial charge in [-0.25, -0.2) is 14.4 Å². The average molecular weight is 823 g/mol. The highest BCUT2D eigenvalue weighted by Crippen LogP contribution is 2.36. The topological polar surface area (TPSA) is 220 Å². The van der Waals surface area contributed by atoms with Gasteiger partial charge in [-0.15, -0.1) is 0 Å². The molecule has 306 valence electrons. The Morgan fingerprint density at radius 3 is 2.51 bits per heavy atom. The van der Waals surface area contributed by atoms with Gasteiger partial charge < -0.3 is 25.2 Å². The summed E-state index contributed by atoms with van der Waals surface area (Å²) in [6.45, 7) is 1.04.